The van der Waals surface area contributed by atoms with Crippen LogP contribution in [0.1, 0.15) is 29.0 Å². The van der Waals surface area contributed by atoms with Gasteiger partial charge >= 0.3 is 0 Å². The summed E-state index contributed by atoms with van der Waals surface area (Å²) in [7, 11) is 0. The van der Waals surface area contributed by atoms with E-state index in [4.69, 9.17) is 0 Å². The van der Waals surface area contributed by atoms with Crippen LogP contribution < -0.4 is 0 Å². The molecule has 0 N–H and O–H groups in total. The molecule has 0 radical (unpaired) electrons. The van der Waals surface area contributed by atoms with Crippen LogP contribution in [-0.4, -0.2) is 0 Å². The van der Waals surface area contributed by atoms with Crippen molar-refractivity contribution in [3.8, 4) is 0 Å². The Morgan fingerprint density at radius 1 is 0.680 bits per heavy atom. The first-order valence-electron chi connectivity index (χ1n) is 9.21. The molecule has 3 aromatic carbocycles. The van der Waals surface area contributed by atoms with Crippen LogP contribution in [0.4, 0.5) is 0 Å². The van der Waals surface area contributed by atoms with Gasteiger partial charge in [-0.15, -0.1) is 0 Å². The van der Waals surface area contributed by atoms with Crippen molar-refractivity contribution in [1.29, 1.82) is 0 Å². The Hall–Kier alpha value is -2.60. The highest BCUT2D eigenvalue weighted by molar-refractivity contribution is 5.33. The maximum absolute atomic E-state index is 2.55. The molecule has 3 aromatic rings. The van der Waals surface area contributed by atoms with Crippen molar-refractivity contribution in [2.24, 2.45) is 5.92 Å². The molecule has 0 aromatic heterocycles. The molecule has 0 heteroatoms. The van der Waals surface area contributed by atoms with E-state index in [1.807, 2.05) is 0 Å². The maximum atomic E-state index is 2.55. The highest BCUT2D eigenvalue weighted by Crippen LogP contribution is 2.49. The lowest BCUT2D eigenvalue weighted by atomic mass is 9.96. The van der Waals surface area contributed by atoms with E-state index < -0.39 is 0 Å². The fraction of sp³-hybridized carbons (Fsp3) is 0.200. The molecule has 0 unspecified atom stereocenters. The first-order chi connectivity index (χ1) is 12.4. The largest absolute Gasteiger partial charge is 0.0809 e. The molecule has 1 saturated carbocycles. The normalized spacial score (nSPS) is 18.6. The predicted molar refractivity (Wildman–Crippen MR) is 106 cm³/mol. The monoisotopic (exact) mass is 324 g/mol. The Kier molecular flexibility index (Phi) is 4.79. The molecule has 0 bridgehead atoms. The van der Waals surface area contributed by atoms with Crippen LogP contribution in [0.15, 0.2) is 103 Å². The fourth-order valence-electron chi connectivity index (χ4n) is 3.68. The van der Waals surface area contributed by atoms with Crippen LogP contribution in [0.25, 0.3) is 0 Å². The molecule has 4 rings (SSSR count). The number of hydrogen-bond acceptors (Lipinski definition) is 0. The summed E-state index contributed by atoms with van der Waals surface area (Å²) in [4.78, 5) is 0. The third-order valence-electron chi connectivity index (χ3n) is 5.07. The topological polar surface area (TPSA) is 0 Å². The zero-order valence-electron chi connectivity index (χ0n) is 14.5. The molecule has 2 atom stereocenters. The van der Waals surface area contributed by atoms with Gasteiger partial charge in [-0.05, 0) is 47.8 Å². The van der Waals surface area contributed by atoms with Gasteiger partial charge in [0, 0.05) is 0 Å². The van der Waals surface area contributed by atoms with Crippen molar-refractivity contribution in [2.45, 2.75) is 25.2 Å². The molecule has 0 amide bonds. The van der Waals surface area contributed by atoms with Crippen LogP contribution in [0.3, 0.4) is 0 Å². The second-order valence-corrected chi connectivity index (χ2v) is 7.07. The first-order valence-corrected chi connectivity index (χ1v) is 9.21. The smallest absolute Gasteiger partial charge is 0.00637 e. The zero-order valence-corrected chi connectivity index (χ0v) is 14.5. The fourth-order valence-corrected chi connectivity index (χ4v) is 3.68. The van der Waals surface area contributed by atoms with E-state index in [-0.39, 0.29) is 0 Å². The lowest BCUT2D eigenvalue weighted by Crippen LogP contribution is -1.97. The molecule has 25 heavy (non-hydrogen) atoms. The molecule has 1 fully saturated rings. The van der Waals surface area contributed by atoms with E-state index in [2.05, 4.69) is 97.1 Å². The number of rotatable bonds is 6. The van der Waals surface area contributed by atoms with Gasteiger partial charge < -0.3 is 0 Å². The third-order valence-corrected chi connectivity index (χ3v) is 5.07. The first kappa shape index (κ1) is 15.9. The van der Waals surface area contributed by atoms with Gasteiger partial charge in [-0.3, -0.25) is 0 Å². The Morgan fingerprint density at radius 2 is 1.16 bits per heavy atom. The van der Waals surface area contributed by atoms with Crippen LogP contribution in [0.2, 0.25) is 0 Å². The van der Waals surface area contributed by atoms with E-state index in [0.29, 0.717) is 11.8 Å². The minimum absolute atomic E-state index is 0.699. The minimum atomic E-state index is 0.699. The molecule has 0 nitrogen and oxygen atoms in total. The molecule has 124 valence electrons. The summed E-state index contributed by atoms with van der Waals surface area (Å²) in [6.45, 7) is 0. The Balaban J connectivity index is 1.53. The lowest BCUT2D eigenvalue weighted by molar-refractivity contribution is 0.946. The summed E-state index contributed by atoms with van der Waals surface area (Å²) in [5.41, 5.74) is 5.84. The van der Waals surface area contributed by atoms with Gasteiger partial charge in [-0.2, -0.15) is 0 Å². The Labute approximate surface area is 150 Å². The lowest BCUT2D eigenvalue weighted by Gasteiger charge is -2.09. The molecule has 0 heterocycles. The minimum Gasteiger partial charge on any atom is -0.0809 e. The van der Waals surface area contributed by atoms with Gasteiger partial charge in [-0.1, -0.05) is 103 Å². The van der Waals surface area contributed by atoms with Gasteiger partial charge in [0.15, 0.2) is 0 Å². The summed E-state index contributed by atoms with van der Waals surface area (Å²) < 4.78 is 0. The summed E-state index contributed by atoms with van der Waals surface area (Å²) in [5.74, 6) is 1.41. The van der Waals surface area contributed by atoms with Crippen molar-refractivity contribution in [2.75, 3.05) is 0 Å². The van der Waals surface area contributed by atoms with E-state index in [0.717, 1.165) is 12.8 Å². The third kappa shape index (κ3) is 4.28. The van der Waals surface area contributed by atoms with Crippen molar-refractivity contribution in [3.63, 3.8) is 0 Å². The van der Waals surface area contributed by atoms with Crippen molar-refractivity contribution in [3.05, 3.63) is 119 Å². The summed E-state index contributed by atoms with van der Waals surface area (Å²) in [5, 5.41) is 0. The van der Waals surface area contributed by atoms with Crippen molar-refractivity contribution in [1.82, 2.24) is 0 Å². The van der Waals surface area contributed by atoms with E-state index in [9.17, 15) is 0 Å². The standard InChI is InChI=1S/C25H24/c1-4-10-20(11-5-1)16-22(17-21-12-6-2-7-13-21)18-24-19-25(24)23-14-8-3-9-15-23/h1-15,18,24-25H,16-17,19H2/t24-,25-/m1/s1. The van der Waals surface area contributed by atoms with Gasteiger partial charge in [0.1, 0.15) is 0 Å². The second-order valence-electron chi connectivity index (χ2n) is 7.07. The second kappa shape index (κ2) is 7.53. The number of benzene rings is 3. The molecule has 0 spiro atoms. The van der Waals surface area contributed by atoms with E-state index in [1.54, 1.807) is 5.57 Å². The van der Waals surface area contributed by atoms with Crippen molar-refractivity contribution >= 4 is 0 Å². The van der Waals surface area contributed by atoms with Crippen molar-refractivity contribution < 1.29 is 0 Å². The molecule has 0 aliphatic heterocycles. The summed E-state index contributed by atoms with van der Waals surface area (Å²) >= 11 is 0. The average molecular weight is 324 g/mol. The molecular weight excluding hydrogens is 300 g/mol. The van der Waals surface area contributed by atoms with Gasteiger partial charge in [-0.25, -0.2) is 0 Å². The van der Waals surface area contributed by atoms with E-state index in [1.165, 1.54) is 23.1 Å². The molecule has 0 saturated heterocycles. The van der Waals surface area contributed by atoms with Gasteiger partial charge in [0.05, 0.1) is 0 Å². The van der Waals surface area contributed by atoms with Gasteiger partial charge in [0.25, 0.3) is 0 Å². The number of hydrogen-bond donors (Lipinski definition) is 0. The highest BCUT2D eigenvalue weighted by Gasteiger charge is 2.36. The Bertz CT molecular complexity index is 772. The summed E-state index contributed by atoms with van der Waals surface area (Å²) in [6, 6.07) is 32.6. The zero-order chi connectivity index (χ0) is 16.9. The van der Waals surface area contributed by atoms with Gasteiger partial charge in [0.2, 0.25) is 0 Å². The summed E-state index contributed by atoms with van der Waals surface area (Å²) in [6.07, 6.45) is 5.94. The van der Waals surface area contributed by atoms with E-state index >= 15 is 0 Å². The highest BCUT2D eigenvalue weighted by atomic mass is 14.4. The molecule has 1 aliphatic rings. The number of allylic oxidation sites excluding steroid dienone is 2. The van der Waals surface area contributed by atoms with Crippen LogP contribution in [0.5, 0.6) is 0 Å². The molecule has 1 aliphatic carbocycles. The van der Waals surface area contributed by atoms with Crippen LogP contribution >= 0.6 is 0 Å². The maximum Gasteiger partial charge on any atom is -0.00637 e. The van der Waals surface area contributed by atoms with Crippen LogP contribution in [-0.2, 0) is 12.8 Å². The quantitative estimate of drug-likeness (QED) is 0.473. The average Bonchev–Trinajstić information content (AvgIpc) is 3.43. The SMILES string of the molecule is C(=C(Cc1ccccc1)Cc1ccccc1)[C@@H]1C[C@@H]1c1ccccc1. The molecular formula is C25H24. The Morgan fingerprint density at radius 3 is 1.68 bits per heavy atom. The van der Waals surface area contributed by atoms with Crippen LogP contribution in [0, 0.1) is 5.92 Å². The predicted octanol–water partition coefficient (Wildman–Crippen LogP) is 6.20.